The van der Waals surface area contributed by atoms with E-state index in [0.717, 1.165) is 6.54 Å². The van der Waals surface area contributed by atoms with Gasteiger partial charge in [0.25, 0.3) is 0 Å². The van der Waals surface area contributed by atoms with Crippen molar-refractivity contribution in [3.63, 3.8) is 0 Å². The van der Waals surface area contributed by atoms with Gasteiger partial charge in [-0.1, -0.05) is 27.7 Å². The second-order valence-electron chi connectivity index (χ2n) is 4.45. The molecule has 15 heavy (non-hydrogen) atoms. The minimum atomic E-state index is 0.0297. The number of aromatic nitrogens is 4. The fourth-order valence-corrected chi connectivity index (χ4v) is 1.11. The van der Waals surface area contributed by atoms with Crippen molar-refractivity contribution in [3.05, 3.63) is 5.82 Å². The van der Waals surface area contributed by atoms with Crippen LogP contribution in [0.5, 0.6) is 0 Å². The SMILES string of the molecule is CC(C)Cn1nnc(CC(=O)C(C)C)n1. The van der Waals surface area contributed by atoms with Crippen LogP contribution in [0.1, 0.15) is 33.5 Å². The Morgan fingerprint density at radius 1 is 1.33 bits per heavy atom. The highest BCUT2D eigenvalue weighted by atomic mass is 16.1. The number of nitrogens with zero attached hydrogens (tertiary/aromatic N) is 4. The Kier molecular flexibility index (Phi) is 3.94. The van der Waals surface area contributed by atoms with Crippen molar-refractivity contribution in [3.8, 4) is 0 Å². The number of hydrogen-bond acceptors (Lipinski definition) is 4. The van der Waals surface area contributed by atoms with Crippen molar-refractivity contribution >= 4 is 5.78 Å². The number of ketones is 1. The lowest BCUT2D eigenvalue weighted by molar-refractivity contribution is -0.121. The van der Waals surface area contributed by atoms with Crippen LogP contribution in [0.15, 0.2) is 0 Å². The quantitative estimate of drug-likeness (QED) is 0.730. The highest BCUT2D eigenvalue weighted by molar-refractivity contribution is 5.81. The maximum absolute atomic E-state index is 11.4. The Bertz CT molecular complexity index is 330. The number of carbonyl (C=O) groups excluding carboxylic acids is 1. The zero-order valence-corrected chi connectivity index (χ0v) is 9.77. The molecule has 0 aliphatic rings. The maximum atomic E-state index is 11.4. The Labute approximate surface area is 89.9 Å². The lowest BCUT2D eigenvalue weighted by atomic mass is 10.1. The van der Waals surface area contributed by atoms with Gasteiger partial charge in [-0.2, -0.15) is 4.80 Å². The predicted molar refractivity (Wildman–Crippen MR) is 56.2 cm³/mol. The molecule has 1 heterocycles. The molecule has 0 N–H and O–H groups in total. The normalized spacial score (nSPS) is 11.3. The van der Waals surface area contributed by atoms with E-state index in [1.807, 2.05) is 13.8 Å². The highest BCUT2D eigenvalue weighted by Crippen LogP contribution is 2.01. The zero-order chi connectivity index (χ0) is 11.4. The minimum Gasteiger partial charge on any atom is -0.299 e. The number of carbonyl (C=O) groups is 1. The van der Waals surface area contributed by atoms with Crippen LogP contribution in [0, 0.1) is 11.8 Å². The van der Waals surface area contributed by atoms with Crippen LogP contribution in [-0.4, -0.2) is 26.0 Å². The number of Topliss-reactive ketones (excluding diaryl/α,β-unsaturated/α-hetero) is 1. The fraction of sp³-hybridized carbons (Fsp3) is 0.800. The molecule has 1 aromatic rings. The molecule has 0 aliphatic heterocycles. The molecule has 0 saturated heterocycles. The molecule has 1 rings (SSSR count). The second kappa shape index (κ2) is 5.00. The summed E-state index contributed by atoms with van der Waals surface area (Å²) < 4.78 is 0. The Balaban J connectivity index is 2.56. The van der Waals surface area contributed by atoms with Crippen LogP contribution in [0.3, 0.4) is 0 Å². The molecule has 0 fully saturated rings. The van der Waals surface area contributed by atoms with E-state index in [2.05, 4.69) is 29.3 Å². The standard InChI is InChI=1S/C10H18N4O/c1-7(2)6-14-12-10(11-13-14)5-9(15)8(3)4/h7-8H,5-6H2,1-4H3. The van der Waals surface area contributed by atoms with Gasteiger partial charge in [0, 0.05) is 5.92 Å². The van der Waals surface area contributed by atoms with E-state index < -0.39 is 0 Å². The average Bonchev–Trinajstić information content (AvgIpc) is 2.51. The van der Waals surface area contributed by atoms with E-state index in [9.17, 15) is 4.79 Å². The first-order valence-electron chi connectivity index (χ1n) is 5.28. The van der Waals surface area contributed by atoms with E-state index >= 15 is 0 Å². The average molecular weight is 210 g/mol. The zero-order valence-electron chi connectivity index (χ0n) is 9.77. The first kappa shape index (κ1) is 11.8. The summed E-state index contributed by atoms with van der Waals surface area (Å²) >= 11 is 0. The largest absolute Gasteiger partial charge is 0.299 e. The highest BCUT2D eigenvalue weighted by Gasteiger charge is 2.12. The molecule has 84 valence electrons. The van der Waals surface area contributed by atoms with Gasteiger partial charge in [0.15, 0.2) is 5.82 Å². The van der Waals surface area contributed by atoms with Gasteiger partial charge in [-0.05, 0) is 11.1 Å². The molecular formula is C10H18N4O. The van der Waals surface area contributed by atoms with E-state index in [4.69, 9.17) is 0 Å². The van der Waals surface area contributed by atoms with Crippen LogP contribution in [-0.2, 0) is 17.8 Å². The molecule has 0 amide bonds. The molecule has 5 heteroatoms. The van der Waals surface area contributed by atoms with E-state index in [1.54, 1.807) is 4.80 Å². The van der Waals surface area contributed by atoms with Crippen molar-refractivity contribution in [2.45, 2.75) is 40.7 Å². The van der Waals surface area contributed by atoms with Gasteiger partial charge in [0.1, 0.15) is 5.78 Å². The topological polar surface area (TPSA) is 60.7 Å². The molecule has 0 bridgehead atoms. The number of hydrogen-bond donors (Lipinski definition) is 0. The number of tetrazole rings is 1. The molecule has 0 radical (unpaired) electrons. The third kappa shape index (κ3) is 3.77. The number of rotatable bonds is 5. The van der Waals surface area contributed by atoms with Gasteiger partial charge in [0.05, 0.1) is 13.0 Å². The summed E-state index contributed by atoms with van der Waals surface area (Å²) in [6.07, 6.45) is 0.287. The molecular weight excluding hydrogens is 192 g/mol. The second-order valence-corrected chi connectivity index (χ2v) is 4.45. The molecule has 1 aromatic heterocycles. The van der Waals surface area contributed by atoms with Crippen LogP contribution in [0.25, 0.3) is 0 Å². The van der Waals surface area contributed by atoms with Crippen molar-refractivity contribution < 1.29 is 4.79 Å². The molecule has 0 saturated carbocycles. The van der Waals surface area contributed by atoms with Crippen molar-refractivity contribution in [2.24, 2.45) is 11.8 Å². The predicted octanol–water partition coefficient (Wildman–Crippen LogP) is 1.10. The lowest BCUT2D eigenvalue weighted by Crippen LogP contribution is -2.12. The van der Waals surface area contributed by atoms with Crippen LogP contribution < -0.4 is 0 Å². The summed E-state index contributed by atoms with van der Waals surface area (Å²) in [5.74, 6) is 1.18. The summed E-state index contributed by atoms with van der Waals surface area (Å²) in [6.45, 7) is 8.66. The first-order chi connectivity index (χ1) is 6.99. The third-order valence-electron chi connectivity index (χ3n) is 2.00. The molecule has 5 nitrogen and oxygen atoms in total. The van der Waals surface area contributed by atoms with Crippen LogP contribution >= 0.6 is 0 Å². The van der Waals surface area contributed by atoms with Crippen molar-refractivity contribution in [1.29, 1.82) is 0 Å². The van der Waals surface area contributed by atoms with Gasteiger partial charge in [-0.3, -0.25) is 4.79 Å². The van der Waals surface area contributed by atoms with Gasteiger partial charge in [-0.15, -0.1) is 10.2 Å². The van der Waals surface area contributed by atoms with E-state index in [-0.39, 0.29) is 18.1 Å². The monoisotopic (exact) mass is 210 g/mol. The van der Waals surface area contributed by atoms with Gasteiger partial charge >= 0.3 is 0 Å². The molecule has 0 atom stereocenters. The van der Waals surface area contributed by atoms with Gasteiger partial charge < -0.3 is 0 Å². The first-order valence-corrected chi connectivity index (χ1v) is 5.28. The van der Waals surface area contributed by atoms with Crippen molar-refractivity contribution in [2.75, 3.05) is 0 Å². The Morgan fingerprint density at radius 3 is 2.53 bits per heavy atom. The molecule has 0 spiro atoms. The summed E-state index contributed by atoms with van der Waals surface area (Å²) in [4.78, 5) is 13.0. The fourth-order valence-electron chi connectivity index (χ4n) is 1.11. The smallest absolute Gasteiger partial charge is 0.182 e. The van der Waals surface area contributed by atoms with Crippen LogP contribution in [0.2, 0.25) is 0 Å². The van der Waals surface area contributed by atoms with Gasteiger partial charge in [0.2, 0.25) is 0 Å². The lowest BCUT2D eigenvalue weighted by Gasteiger charge is -2.01. The maximum Gasteiger partial charge on any atom is 0.182 e. The van der Waals surface area contributed by atoms with E-state index in [0.29, 0.717) is 11.7 Å². The van der Waals surface area contributed by atoms with Crippen LogP contribution in [0.4, 0.5) is 0 Å². The van der Waals surface area contributed by atoms with Crippen molar-refractivity contribution in [1.82, 2.24) is 20.2 Å². The molecule has 0 aliphatic carbocycles. The van der Waals surface area contributed by atoms with E-state index in [1.165, 1.54) is 0 Å². The molecule has 0 unspecified atom stereocenters. The summed E-state index contributed by atoms with van der Waals surface area (Å²) in [6, 6.07) is 0. The Hall–Kier alpha value is -1.26. The molecule has 0 aromatic carbocycles. The summed E-state index contributed by atoms with van der Waals surface area (Å²) in [5, 5.41) is 11.9. The minimum absolute atomic E-state index is 0.0297. The Morgan fingerprint density at radius 2 is 2.00 bits per heavy atom. The summed E-state index contributed by atoms with van der Waals surface area (Å²) in [5.41, 5.74) is 0. The third-order valence-corrected chi connectivity index (χ3v) is 2.00. The summed E-state index contributed by atoms with van der Waals surface area (Å²) in [7, 11) is 0. The van der Waals surface area contributed by atoms with Gasteiger partial charge in [-0.25, -0.2) is 0 Å².